The van der Waals surface area contributed by atoms with Gasteiger partial charge in [-0.05, 0) is 5.56 Å². The van der Waals surface area contributed by atoms with Crippen LogP contribution in [0.5, 0.6) is 0 Å². The van der Waals surface area contributed by atoms with Gasteiger partial charge in [-0.1, -0.05) is 30.3 Å². The lowest BCUT2D eigenvalue weighted by Gasteiger charge is -2.22. The van der Waals surface area contributed by atoms with E-state index in [4.69, 9.17) is 10.8 Å². The molecule has 0 fully saturated rings. The number of aliphatic carboxylic acids is 1. The number of benzene rings is 1. The van der Waals surface area contributed by atoms with Crippen LogP contribution in [-0.2, 0) is 11.2 Å². The van der Waals surface area contributed by atoms with E-state index in [-0.39, 0.29) is 18.2 Å². The topological polar surface area (TPSA) is 63.3 Å². The lowest BCUT2D eigenvalue weighted by Crippen LogP contribution is -2.51. The van der Waals surface area contributed by atoms with Gasteiger partial charge in [-0.25, -0.2) is 0 Å². The molecule has 0 saturated heterocycles. The van der Waals surface area contributed by atoms with Crippen molar-refractivity contribution in [3.8, 4) is 0 Å². The van der Waals surface area contributed by atoms with E-state index in [9.17, 15) is 4.79 Å². The highest BCUT2D eigenvalue weighted by Crippen LogP contribution is 2.12. The smallest absolute Gasteiger partial charge is 0.324 e. The summed E-state index contributed by atoms with van der Waals surface area (Å²) in [5.74, 6) is -0.895. The van der Waals surface area contributed by atoms with Crippen molar-refractivity contribution in [3.63, 3.8) is 0 Å². The van der Waals surface area contributed by atoms with Gasteiger partial charge < -0.3 is 10.8 Å². The van der Waals surface area contributed by atoms with E-state index < -0.39 is 11.5 Å². The monoisotopic (exact) mass is 247 g/mol. The molecule has 0 unspecified atom stereocenters. The average molecular weight is 248 g/mol. The van der Waals surface area contributed by atoms with Gasteiger partial charge in [0.15, 0.2) is 0 Å². The molecular formula is C10H14ClNO2S. The van der Waals surface area contributed by atoms with Crippen LogP contribution in [0.2, 0.25) is 0 Å². The predicted molar refractivity (Wildman–Crippen MR) is 65.8 cm³/mol. The van der Waals surface area contributed by atoms with E-state index in [0.717, 1.165) is 5.56 Å². The zero-order valence-electron chi connectivity index (χ0n) is 8.09. The second-order valence-electron chi connectivity index (χ2n) is 3.28. The van der Waals surface area contributed by atoms with E-state index in [2.05, 4.69) is 12.6 Å². The van der Waals surface area contributed by atoms with Crippen LogP contribution in [0.15, 0.2) is 30.3 Å². The molecule has 0 aromatic heterocycles. The Labute approximate surface area is 100 Å². The van der Waals surface area contributed by atoms with Crippen molar-refractivity contribution >= 4 is 31.0 Å². The van der Waals surface area contributed by atoms with Crippen LogP contribution >= 0.6 is 25.0 Å². The molecule has 1 aromatic carbocycles. The maximum Gasteiger partial charge on any atom is 0.324 e. The fourth-order valence-corrected chi connectivity index (χ4v) is 1.41. The van der Waals surface area contributed by atoms with Crippen molar-refractivity contribution in [1.82, 2.24) is 0 Å². The van der Waals surface area contributed by atoms with Crippen molar-refractivity contribution in [3.05, 3.63) is 35.9 Å². The molecule has 15 heavy (non-hydrogen) atoms. The third-order valence-corrected chi connectivity index (χ3v) is 2.63. The first-order chi connectivity index (χ1) is 6.58. The highest BCUT2D eigenvalue weighted by atomic mass is 35.5. The molecule has 1 aromatic rings. The molecule has 5 heteroatoms. The molecule has 3 nitrogen and oxygen atoms in total. The summed E-state index contributed by atoms with van der Waals surface area (Å²) < 4.78 is 0. The molecule has 0 aliphatic heterocycles. The standard InChI is InChI=1S/C10H13NO2S.ClH/c11-10(7-14,9(12)13)6-8-4-2-1-3-5-8;/h1-5,14H,6-7,11H2,(H,12,13);1H/t10-;/m0./s1. The van der Waals surface area contributed by atoms with Crippen molar-refractivity contribution in [1.29, 1.82) is 0 Å². The largest absolute Gasteiger partial charge is 0.480 e. The third kappa shape index (κ3) is 3.74. The number of rotatable bonds is 4. The van der Waals surface area contributed by atoms with Crippen LogP contribution in [-0.4, -0.2) is 22.4 Å². The number of nitrogens with two attached hydrogens (primary N) is 1. The van der Waals surface area contributed by atoms with Gasteiger partial charge in [0.1, 0.15) is 5.54 Å². The Balaban J connectivity index is 0.00000196. The lowest BCUT2D eigenvalue weighted by atomic mass is 9.94. The van der Waals surface area contributed by atoms with Gasteiger partial charge in [0.2, 0.25) is 0 Å². The highest BCUT2D eigenvalue weighted by Gasteiger charge is 2.32. The summed E-state index contributed by atoms with van der Waals surface area (Å²) in [5, 5.41) is 8.92. The van der Waals surface area contributed by atoms with E-state index in [1.807, 2.05) is 30.3 Å². The van der Waals surface area contributed by atoms with Crippen molar-refractivity contribution < 1.29 is 9.90 Å². The highest BCUT2D eigenvalue weighted by molar-refractivity contribution is 7.80. The van der Waals surface area contributed by atoms with Crippen LogP contribution in [0.4, 0.5) is 0 Å². The number of carboxylic acids is 1. The Kier molecular flexibility index (Phi) is 5.72. The minimum Gasteiger partial charge on any atom is -0.480 e. The molecule has 0 radical (unpaired) electrons. The number of thiol groups is 1. The molecule has 0 spiro atoms. The first-order valence-electron chi connectivity index (χ1n) is 4.25. The van der Waals surface area contributed by atoms with Crippen LogP contribution in [0.1, 0.15) is 5.56 Å². The molecule has 0 amide bonds. The molecule has 0 saturated carbocycles. The van der Waals surface area contributed by atoms with Gasteiger partial charge in [0, 0.05) is 12.2 Å². The van der Waals surface area contributed by atoms with Gasteiger partial charge in [-0.2, -0.15) is 12.6 Å². The van der Waals surface area contributed by atoms with Crippen LogP contribution in [0.3, 0.4) is 0 Å². The summed E-state index contributed by atoms with van der Waals surface area (Å²) in [7, 11) is 0. The Morgan fingerprint density at radius 2 is 1.93 bits per heavy atom. The molecule has 0 heterocycles. The van der Waals surface area contributed by atoms with E-state index in [1.165, 1.54) is 0 Å². The number of halogens is 1. The lowest BCUT2D eigenvalue weighted by molar-refractivity contribution is -0.142. The third-order valence-electron chi connectivity index (χ3n) is 2.07. The SMILES string of the molecule is Cl.N[C@](CS)(Cc1ccccc1)C(=O)O. The minimum absolute atomic E-state index is 0. The number of carbonyl (C=O) groups is 1. The number of hydrogen-bond acceptors (Lipinski definition) is 3. The van der Waals surface area contributed by atoms with Gasteiger partial charge in [0.25, 0.3) is 0 Å². The summed E-state index contributed by atoms with van der Waals surface area (Å²) in [5.41, 5.74) is 5.33. The fraction of sp³-hybridized carbons (Fsp3) is 0.300. The Morgan fingerprint density at radius 3 is 2.33 bits per heavy atom. The molecule has 84 valence electrons. The molecule has 0 bridgehead atoms. The second kappa shape index (κ2) is 6.00. The maximum absolute atomic E-state index is 10.9. The number of hydrogen-bond donors (Lipinski definition) is 3. The summed E-state index contributed by atoms with van der Waals surface area (Å²) in [6.07, 6.45) is 0.298. The van der Waals surface area contributed by atoms with E-state index in [0.29, 0.717) is 6.42 Å². The van der Waals surface area contributed by atoms with Crippen molar-refractivity contribution in [2.75, 3.05) is 5.75 Å². The Morgan fingerprint density at radius 1 is 1.40 bits per heavy atom. The molecule has 1 rings (SSSR count). The quantitative estimate of drug-likeness (QED) is 0.704. The molecule has 0 aliphatic carbocycles. The minimum atomic E-state index is -1.27. The Hall–Kier alpha value is -0.710. The first-order valence-corrected chi connectivity index (χ1v) is 4.89. The summed E-state index contributed by atoms with van der Waals surface area (Å²) in [4.78, 5) is 10.9. The zero-order chi connectivity index (χ0) is 10.6. The van der Waals surface area contributed by atoms with Gasteiger partial charge in [0.05, 0.1) is 0 Å². The number of carboxylic acid groups (broad SMARTS) is 1. The predicted octanol–water partition coefficient (Wildman–Crippen LogP) is 1.36. The van der Waals surface area contributed by atoms with Crippen molar-refractivity contribution in [2.45, 2.75) is 12.0 Å². The second-order valence-corrected chi connectivity index (χ2v) is 3.60. The van der Waals surface area contributed by atoms with Gasteiger partial charge in [-0.15, -0.1) is 12.4 Å². The fourth-order valence-electron chi connectivity index (χ4n) is 1.16. The van der Waals surface area contributed by atoms with Crippen LogP contribution in [0.25, 0.3) is 0 Å². The molecule has 1 atom stereocenters. The van der Waals surface area contributed by atoms with Crippen LogP contribution in [0, 0.1) is 0 Å². The van der Waals surface area contributed by atoms with Crippen LogP contribution < -0.4 is 5.73 Å². The average Bonchev–Trinajstić information content (AvgIpc) is 2.19. The molecule has 0 aliphatic rings. The van der Waals surface area contributed by atoms with Gasteiger partial charge >= 0.3 is 5.97 Å². The van der Waals surface area contributed by atoms with E-state index in [1.54, 1.807) is 0 Å². The maximum atomic E-state index is 10.9. The molecular weight excluding hydrogens is 234 g/mol. The van der Waals surface area contributed by atoms with Gasteiger partial charge in [-0.3, -0.25) is 4.79 Å². The summed E-state index contributed by atoms with van der Waals surface area (Å²) in [6.45, 7) is 0. The Bertz CT molecular complexity index is 320. The summed E-state index contributed by atoms with van der Waals surface area (Å²) in [6, 6.07) is 9.30. The van der Waals surface area contributed by atoms with E-state index >= 15 is 0 Å². The molecule has 3 N–H and O–H groups in total. The summed E-state index contributed by atoms with van der Waals surface area (Å²) >= 11 is 3.97. The zero-order valence-corrected chi connectivity index (χ0v) is 9.80. The van der Waals surface area contributed by atoms with Crippen molar-refractivity contribution in [2.24, 2.45) is 5.73 Å². The first kappa shape index (κ1) is 14.3. The normalized spacial score (nSPS) is 13.7.